The number of carboxylic acid groups (broad SMARTS) is 1. The first-order chi connectivity index (χ1) is 9.51. The van der Waals surface area contributed by atoms with Crippen LogP contribution in [0.5, 0.6) is 0 Å². The zero-order valence-electron chi connectivity index (χ0n) is 11.7. The van der Waals surface area contributed by atoms with Crippen LogP contribution in [0.3, 0.4) is 0 Å². The second kappa shape index (κ2) is 7.34. The van der Waals surface area contributed by atoms with E-state index in [4.69, 9.17) is 10.2 Å². The highest BCUT2D eigenvalue weighted by Gasteiger charge is 2.46. The van der Waals surface area contributed by atoms with Crippen LogP contribution < -0.4 is 5.32 Å². The van der Waals surface area contributed by atoms with E-state index in [1.54, 1.807) is 0 Å². The lowest BCUT2D eigenvalue weighted by atomic mass is 9.99. The van der Waals surface area contributed by atoms with Gasteiger partial charge in [-0.1, -0.05) is 20.4 Å². The summed E-state index contributed by atoms with van der Waals surface area (Å²) in [7, 11) is -4.88. The minimum Gasteiger partial charge on any atom is -0.478 e. The molecule has 0 saturated heterocycles. The maximum absolute atomic E-state index is 11.7. The predicted octanol–water partition coefficient (Wildman–Crippen LogP) is -0.0779. The minimum absolute atomic E-state index is 0.344. The average molecular weight is 321 g/mol. The van der Waals surface area contributed by atoms with E-state index in [0.29, 0.717) is 0 Å². The van der Waals surface area contributed by atoms with Crippen LogP contribution in [0.25, 0.3) is 0 Å². The van der Waals surface area contributed by atoms with E-state index in [0.717, 1.165) is 12.2 Å². The fourth-order valence-electron chi connectivity index (χ4n) is 1.65. The third-order valence-electron chi connectivity index (χ3n) is 2.83. The van der Waals surface area contributed by atoms with Crippen molar-refractivity contribution in [3.05, 3.63) is 24.3 Å². The highest BCUT2D eigenvalue weighted by molar-refractivity contribution is 7.87. The molecule has 120 valence electrons. The van der Waals surface area contributed by atoms with Gasteiger partial charge >= 0.3 is 5.97 Å². The molecule has 0 fully saturated rings. The van der Waals surface area contributed by atoms with E-state index in [1.807, 2.05) is 5.32 Å². The molecule has 0 aliphatic carbocycles. The first-order valence-corrected chi connectivity index (χ1v) is 7.43. The van der Waals surface area contributed by atoms with Gasteiger partial charge in [-0.2, -0.15) is 8.42 Å². The summed E-state index contributed by atoms with van der Waals surface area (Å²) in [6.45, 7) is 5.40. The van der Waals surface area contributed by atoms with Gasteiger partial charge in [0.05, 0.1) is 0 Å². The van der Waals surface area contributed by atoms with Crippen LogP contribution >= 0.6 is 0 Å². The van der Waals surface area contributed by atoms with Crippen LogP contribution in [0.15, 0.2) is 24.3 Å². The highest BCUT2D eigenvalue weighted by atomic mass is 32.2. The third kappa shape index (κ3) is 4.66. The van der Waals surface area contributed by atoms with Crippen LogP contribution in [0, 0.1) is 5.92 Å². The third-order valence-corrected chi connectivity index (χ3v) is 4.38. The van der Waals surface area contributed by atoms with Crippen molar-refractivity contribution in [2.24, 2.45) is 5.92 Å². The molecule has 0 spiro atoms. The summed E-state index contributed by atoms with van der Waals surface area (Å²) in [5.74, 6) is -3.25. The van der Waals surface area contributed by atoms with Crippen LogP contribution in [-0.2, 0) is 19.7 Å². The molecule has 0 aromatic rings. The molecule has 0 radical (unpaired) electrons. The van der Waals surface area contributed by atoms with Crippen molar-refractivity contribution >= 4 is 22.0 Å². The Morgan fingerprint density at radius 1 is 1.38 bits per heavy atom. The van der Waals surface area contributed by atoms with E-state index in [-0.39, 0.29) is 6.42 Å². The van der Waals surface area contributed by atoms with Gasteiger partial charge in [-0.05, 0) is 18.1 Å². The Morgan fingerprint density at radius 3 is 2.19 bits per heavy atom. The standard InChI is InChI=1S/C12H19NO7S/c1-4-10(15)13-12(8(2)3,21(18,19)20)7-9(5-6-14)11(16)17/h4,7-8,14H,1,5-6H2,2-3H3,(H,13,15)(H,16,17)(H,18,19,20). The molecule has 8 nitrogen and oxygen atoms in total. The smallest absolute Gasteiger partial charge is 0.331 e. The molecule has 0 aliphatic rings. The zero-order valence-corrected chi connectivity index (χ0v) is 12.6. The molecule has 0 bridgehead atoms. The van der Waals surface area contributed by atoms with Crippen molar-refractivity contribution in [3.8, 4) is 0 Å². The second-order valence-corrected chi connectivity index (χ2v) is 6.19. The van der Waals surface area contributed by atoms with Gasteiger partial charge in [0.1, 0.15) is 0 Å². The molecule has 21 heavy (non-hydrogen) atoms. The SMILES string of the molecule is C=CC(=O)NC(C=C(CCO)C(=O)O)(C(C)C)S(=O)(=O)O. The first-order valence-electron chi connectivity index (χ1n) is 5.99. The fraction of sp³-hybridized carbons (Fsp3) is 0.500. The van der Waals surface area contributed by atoms with Crippen molar-refractivity contribution in [1.29, 1.82) is 0 Å². The van der Waals surface area contributed by atoms with Gasteiger partial charge in [-0.25, -0.2) is 4.79 Å². The normalized spacial score (nSPS) is 15.4. The van der Waals surface area contributed by atoms with E-state index >= 15 is 0 Å². The summed E-state index contributed by atoms with van der Waals surface area (Å²) in [6, 6.07) is 0. The molecule has 1 amide bonds. The van der Waals surface area contributed by atoms with Gasteiger partial charge in [0, 0.05) is 18.6 Å². The molecule has 0 saturated carbocycles. The van der Waals surface area contributed by atoms with Gasteiger partial charge < -0.3 is 15.5 Å². The van der Waals surface area contributed by atoms with E-state index in [2.05, 4.69) is 6.58 Å². The number of hydrogen-bond donors (Lipinski definition) is 4. The van der Waals surface area contributed by atoms with Crippen LogP contribution in [-0.4, -0.2) is 46.5 Å². The Bertz CT molecular complexity index is 550. The van der Waals surface area contributed by atoms with Gasteiger partial charge in [0.2, 0.25) is 5.91 Å². The lowest BCUT2D eigenvalue weighted by Crippen LogP contribution is -2.56. The lowest BCUT2D eigenvalue weighted by Gasteiger charge is -2.32. The fourth-order valence-corrected chi connectivity index (χ4v) is 2.76. The second-order valence-electron chi connectivity index (χ2n) is 4.56. The average Bonchev–Trinajstić information content (AvgIpc) is 2.34. The summed E-state index contributed by atoms with van der Waals surface area (Å²) >= 11 is 0. The number of aliphatic hydroxyl groups is 1. The van der Waals surface area contributed by atoms with Gasteiger partial charge in [0.25, 0.3) is 10.1 Å². The van der Waals surface area contributed by atoms with Crippen molar-refractivity contribution in [1.82, 2.24) is 5.32 Å². The minimum atomic E-state index is -4.88. The van der Waals surface area contributed by atoms with Crippen molar-refractivity contribution in [2.45, 2.75) is 25.1 Å². The number of hydrogen-bond acceptors (Lipinski definition) is 5. The Labute approximate surface area is 122 Å². The molecular formula is C12H19NO7S. The van der Waals surface area contributed by atoms with E-state index < -0.39 is 45.0 Å². The zero-order chi connectivity index (χ0) is 16.8. The lowest BCUT2D eigenvalue weighted by molar-refractivity contribution is -0.133. The molecular weight excluding hydrogens is 302 g/mol. The van der Waals surface area contributed by atoms with Crippen molar-refractivity contribution in [2.75, 3.05) is 6.61 Å². The summed E-state index contributed by atoms with van der Waals surface area (Å²) in [5.41, 5.74) is -0.451. The molecule has 0 aromatic heterocycles. The molecule has 0 aliphatic heterocycles. The Balaban J connectivity index is 6.24. The number of carbonyl (C=O) groups excluding carboxylic acids is 1. The van der Waals surface area contributed by atoms with Crippen LogP contribution in [0.4, 0.5) is 0 Å². The van der Waals surface area contributed by atoms with Gasteiger partial charge in [-0.15, -0.1) is 0 Å². The Kier molecular flexibility index (Phi) is 6.74. The molecule has 4 N–H and O–H groups in total. The van der Waals surface area contributed by atoms with Crippen LogP contribution in [0.2, 0.25) is 0 Å². The largest absolute Gasteiger partial charge is 0.478 e. The van der Waals surface area contributed by atoms with Gasteiger partial charge in [0.15, 0.2) is 4.87 Å². The number of amides is 1. The monoisotopic (exact) mass is 321 g/mol. The van der Waals surface area contributed by atoms with E-state index in [1.165, 1.54) is 13.8 Å². The molecule has 1 unspecified atom stereocenters. The number of rotatable bonds is 8. The molecule has 1 atom stereocenters. The number of aliphatic hydroxyl groups excluding tert-OH is 1. The predicted molar refractivity (Wildman–Crippen MR) is 74.9 cm³/mol. The summed E-state index contributed by atoms with van der Waals surface area (Å²) in [5, 5.41) is 19.9. The molecule has 0 heterocycles. The topological polar surface area (TPSA) is 141 Å². The Hall–Kier alpha value is -1.71. The summed E-state index contributed by atoms with van der Waals surface area (Å²) < 4.78 is 32.9. The van der Waals surface area contributed by atoms with Crippen molar-refractivity contribution < 1.29 is 32.8 Å². The quantitative estimate of drug-likeness (QED) is 0.362. The Morgan fingerprint density at radius 2 is 1.90 bits per heavy atom. The number of aliphatic carboxylic acids is 1. The maximum atomic E-state index is 11.7. The van der Waals surface area contributed by atoms with E-state index in [9.17, 15) is 22.6 Å². The molecule has 0 rings (SSSR count). The maximum Gasteiger partial charge on any atom is 0.331 e. The summed E-state index contributed by atoms with van der Waals surface area (Å²) in [4.78, 5) is 20.2. The molecule has 9 heteroatoms. The van der Waals surface area contributed by atoms with Crippen molar-refractivity contribution in [3.63, 3.8) is 0 Å². The number of carboxylic acids is 1. The van der Waals surface area contributed by atoms with Gasteiger partial charge in [-0.3, -0.25) is 9.35 Å². The van der Waals surface area contributed by atoms with Crippen LogP contribution in [0.1, 0.15) is 20.3 Å². The number of nitrogens with one attached hydrogen (secondary N) is 1. The molecule has 0 aromatic carbocycles. The number of carbonyl (C=O) groups is 2. The highest BCUT2D eigenvalue weighted by Crippen LogP contribution is 2.27. The summed E-state index contributed by atoms with van der Waals surface area (Å²) in [6.07, 6.45) is 1.18. The first kappa shape index (κ1) is 19.3.